The van der Waals surface area contributed by atoms with Crippen LogP contribution in [0.4, 0.5) is 5.69 Å². The third-order valence-electron chi connectivity index (χ3n) is 2.61. The van der Waals surface area contributed by atoms with Gasteiger partial charge in [-0.1, -0.05) is 37.9 Å². The summed E-state index contributed by atoms with van der Waals surface area (Å²) in [5.74, 6) is 0. The highest BCUT2D eigenvalue weighted by Gasteiger charge is 2.18. The van der Waals surface area contributed by atoms with E-state index in [1.165, 1.54) is 0 Å². The van der Waals surface area contributed by atoms with Gasteiger partial charge in [-0.05, 0) is 58.7 Å². The summed E-state index contributed by atoms with van der Waals surface area (Å²) in [6.07, 6.45) is 0. The number of hydrogen-bond donors (Lipinski definition) is 1. The normalized spacial score (nSPS) is 11.4. The van der Waals surface area contributed by atoms with Crippen LogP contribution < -0.4 is 4.72 Å². The van der Waals surface area contributed by atoms with E-state index in [0.717, 1.165) is 14.5 Å². The van der Waals surface area contributed by atoms with Crippen molar-refractivity contribution in [1.82, 2.24) is 0 Å². The van der Waals surface area contributed by atoms with E-state index in [4.69, 9.17) is 0 Å². The van der Waals surface area contributed by atoms with Gasteiger partial charge < -0.3 is 0 Å². The van der Waals surface area contributed by atoms with Gasteiger partial charge in [-0.3, -0.25) is 4.72 Å². The SMILES string of the molecule is Cc1ccc(NS(=O)(=O)c2ccc(Br)cc2Br)cc1Br. The highest BCUT2D eigenvalue weighted by atomic mass is 79.9. The third kappa shape index (κ3) is 3.63. The van der Waals surface area contributed by atoms with Crippen molar-refractivity contribution in [3.63, 3.8) is 0 Å². The molecule has 0 atom stereocenters. The summed E-state index contributed by atoms with van der Waals surface area (Å²) in [5.41, 5.74) is 1.55. The zero-order valence-electron chi connectivity index (χ0n) is 10.3. The van der Waals surface area contributed by atoms with E-state index in [1.54, 1.807) is 30.3 Å². The number of sulfonamides is 1. The fourth-order valence-electron chi connectivity index (χ4n) is 1.56. The highest BCUT2D eigenvalue weighted by molar-refractivity contribution is 9.11. The summed E-state index contributed by atoms with van der Waals surface area (Å²) in [7, 11) is -3.63. The summed E-state index contributed by atoms with van der Waals surface area (Å²) >= 11 is 9.94. The van der Waals surface area contributed by atoms with Crippen LogP contribution in [-0.2, 0) is 10.0 Å². The van der Waals surface area contributed by atoms with Crippen molar-refractivity contribution in [3.8, 4) is 0 Å². The minimum Gasteiger partial charge on any atom is -0.280 e. The lowest BCUT2D eigenvalue weighted by Gasteiger charge is -2.11. The van der Waals surface area contributed by atoms with E-state index in [9.17, 15) is 8.42 Å². The van der Waals surface area contributed by atoms with Crippen molar-refractivity contribution in [2.45, 2.75) is 11.8 Å². The molecular formula is C13H10Br3NO2S. The number of hydrogen-bond acceptors (Lipinski definition) is 2. The van der Waals surface area contributed by atoms with Gasteiger partial charge in [0.05, 0.1) is 0 Å². The first-order valence-electron chi connectivity index (χ1n) is 5.53. The quantitative estimate of drug-likeness (QED) is 0.661. The van der Waals surface area contributed by atoms with Crippen LogP contribution in [0.2, 0.25) is 0 Å². The lowest BCUT2D eigenvalue weighted by atomic mass is 10.2. The lowest BCUT2D eigenvalue weighted by molar-refractivity contribution is 0.600. The molecule has 2 aromatic rings. The maximum Gasteiger partial charge on any atom is 0.263 e. The lowest BCUT2D eigenvalue weighted by Crippen LogP contribution is -2.13. The predicted molar refractivity (Wildman–Crippen MR) is 91.5 cm³/mol. The summed E-state index contributed by atoms with van der Waals surface area (Å²) in [5, 5.41) is 0. The van der Waals surface area contributed by atoms with Crippen LogP contribution in [0.1, 0.15) is 5.56 Å². The van der Waals surface area contributed by atoms with Crippen molar-refractivity contribution in [3.05, 3.63) is 55.4 Å². The molecule has 0 aromatic heterocycles. The van der Waals surface area contributed by atoms with E-state index in [0.29, 0.717) is 10.2 Å². The molecule has 2 rings (SSSR count). The van der Waals surface area contributed by atoms with E-state index in [1.807, 2.05) is 13.0 Å². The molecule has 0 spiro atoms. The minimum absolute atomic E-state index is 0.192. The Labute approximate surface area is 143 Å². The van der Waals surface area contributed by atoms with Crippen LogP contribution in [0.25, 0.3) is 0 Å². The van der Waals surface area contributed by atoms with E-state index < -0.39 is 10.0 Å². The summed E-state index contributed by atoms with van der Waals surface area (Å²) < 4.78 is 29.4. The Morgan fingerprint density at radius 3 is 2.25 bits per heavy atom. The minimum atomic E-state index is -3.63. The summed E-state index contributed by atoms with van der Waals surface area (Å²) in [4.78, 5) is 0.192. The molecule has 2 aromatic carbocycles. The monoisotopic (exact) mass is 481 g/mol. The van der Waals surface area contributed by atoms with Crippen molar-refractivity contribution in [2.24, 2.45) is 0 Å². The van der Waals surface area contributed by atoms with Gasteiger partial charge in [0.25, 0.3) is 10.0 Å². The molecule has 0 fully saturated rings. The number of rotatable bonds is 3. The van der Waals surface area contributed by atoms with Crippen LogP contribution in [0.3, 0.4) is 0 Å². The molecule has 7 heteroatoms. The first-order chi connectivity index (χ1) is 9.29. The Kier molecular flexibility index (Phi) is 4.94. The van der Waals surface area contributed by atoms with E-state index >= 15 is 0 Å². The maximum atomic E-state index is 12.4. The zero-order valence-corrected chi connectivity index (χ0v) is 15.9. The first kappa shape index (κ1) is 16.0. The fraction of sp³-hybridized carbons (Fsp3) is 0.0769. The molecule has 3 nitrogen and oxygen atoms in total. The van der Waals surface area contributed by atoms with Crippen LogP contribution in [0.5, 0.6) is 0 Å². The highest BCUT2D eigenvalue weighted by Crippen LogP contribution is 2.28. The summed E-state index contributed by atoms with van der Waals surface area (Å²) in [6.45, 7) is 1.94. The Balaban J connectivity index is 2.38. The van der Waals surface area contributed by atoms with Crippen LogP contribution in [0.15, 0.2) is 54.7 Å². The molecule has 1 N–H and O–H groups in total. The van der Waals surface area contributed by atoms with Crippen LogP contribution in [0, 0.1) is 6.92 Å². The Morgan fingerprint density at radius 2 is 1.65 bits per heavy atom. The van der Waals surface area contributed by atoms with Gasteiger partial charge >= 0.3 is 0 Å². The second kappa shape index (κ2) is 6.17. The number of nitrogens with one attached hydrogen (secondary N) is 1. The van der Waals surface area contributed by atoms with Gasteiger partial charge in [0.15, 0.2) is 0 Å². The number of halogens is 3. The van der Waals surface area contributed by atoms with E-state index in [-0.39, 0.29) is 4.90 Å². The first-order valence-corrected chi connectivity index (χ1v) is 9.40. The molecule has 0 unspecified atom stereocenters. The second-order valence-corrected chi connectivity index (χ2v) is 8.42. The number of aryl methyl sites for hydroxylation is 1. The van der Waals surface area contributed by atoms with Crippen molar-refractivity contribution in [1.29, 1.82) is 0 Å². The Morgan fingerprint density at radius 1 is 0.950 bits per heavy atom. The average Bonchev–Trinajstić information content (AvgIpc) is 2.33. The standard InChI is InChI=1S/C13H10Br3NO2S/c1-8-2-4-10(7-11(8)15)17-20(18,19)13-5-3-9(14)6-12(13)16/h2-7,17H,1H3. The topological polar surface area (TPSA) is 46.2 Å². The molecule has 0 aliphatic rings. The van der Waals surface area contributed by atoms with Crippen LogP contribution in [-0.4, -0.2) is 8.42 Å². The van der Waals surface area contributed by atoms with Crippen LogP contribution >= 0.6 is 47.8 Å². The number of benzene rings is 2. The maximum absolute atomic E-state index is 12.4. The van der Waals surface area contributed by atoms with Gasteiger partial charge in [0.1, 0.15) is 4.90 Å². The fourth-order valence-corrected chi connectivity index (χ4v) is 4.73. The molecule has 0 saturated carbocycles. The van der Waals surface area contributed by atoms with Gasteiger partial charge in [-0.25, -0.2) is 8.42 Å². The molecule has 0 amide bonds. The second-order valence-electron chi connectivity index (χ2n) is 4.14. The molecule has 106 valence electrons. The Hall–Kier alpha value is -0.370. The van der Waals surface area contributed by atoms with Crippen molar-refractivity contribution in [2.75, 3.05) is 4.72 Å². The van der Waals surface area contributed by atoms with Gasteiger partial charge in [-0.2, -0.15) is 0 Å². The molecule has 0 heterocycles. The van der Waals surface area contributed by atoms with E-state index in [2.05, 4.69) is 52.5 Å². The molecule has 0 aliphatic carbocycles. The molecule has 0 aliphatic heterocycles. The molecule has 0 radical (unpaired) electrons. The molecule has 0 saturated heterocycles. The molecule has 0 bridgehead atoms. The summed E-state index contributed by atoms with van der Waals surface area (Å²) in [6, 6.07) is 10.2. The molecular weight excluding hydrogens is 474 g/mol. The molecule has 20 heavy (non-hydrogen) atoms. The van der Waals surface area contributed by atoms with Gasteiger partial charge in [-0.15, -0.1) is 0 Å². The van der Waals surface area contributed by atoms with Gasteiger partial charge in [0.2, 0.25) is 0 Å². The largest absolute Gasteiger partial charge is 0.280 e. The van der Waals surface area contributed by atoms with Gasteiger partial charge in [0, 0.05) is 19.1 Å². The van der Waals surface area contributed by atoms with Crippen molar-refractivity contribution >= 4 is 63.5 Å². The smallest absolute Gasteiger partial charge is 0.263 e. The average molecular weight is 484 g/mol. The predicted octanol–water partition coefficient (Wildman–Crippen LogP) is 5.08. The van der Waals surface area contributed by atoms with Crippen molar-refractivity contribution < 1.29 is 8.42 Å². The zero-order chi connectivity index (χ0) is 14.9. The number of anilines is 1. The third-order valence-corrected chi connectivity index (χ3v) is 6.31. The Bertz CT molecular complexity index is 760.